The fourth-order valence-corrected chi connectivity index (χ4v) is 2.97. The molecule has 0 spiro atoms. The molecule has 1 N–H and O–H groups in total. The lowest BCUT2D eigenvalue weighted by atomic mass is 9.70. The Kier molecular flexibility index (Phi) is 4.04. The Bertz CT molecular complexity index is 444. The molecule has 3 unspecified atom stereocenters. The van der Waals surface area contributed by atoms with E-state index in [1.165, 1.54) is 0 Å². The molecule has 1 aromatic carbocycles. The van der Waals surface area contributed by atoms with Gasteiger partial charge in [0.25, 0.3) is 0 Å². The van der Waals surface area contributed by atoms with E-state index in [1.807, 2.05) is 18.2 Å². The zero-order valence-electron chi connectivity index (χ0n) is 12.3. The Morgan fingerprint density at radius 3 is 2.37 bits per heavy atom. The van der Waals surface area contributed by atoms with Crippen LogP contribution in [0.2, 0.25) is 0 Å². The van der Waals surface area contributed by atoms with Crippen molar-refractivity contribution in [1.29, 1.82) is 0 Å². The molecule has 19 heavy (non-hydrogen) atoms. The maximum absolute atomic E-state index is 10.9. The zero-order valence-corrected chi connectivity index (χ0v) is 12.3. The number of methoxy groups -OCH3 is 2. The highest BCUT2D eigenvalue weighted by Gasteiger charge is 2.37. The zero-order chi connectivity index (χ0) is 14.0. The molecule has 0 saturated heterocycles. The summed E-state index contributed by atoms with van der Waals surface area (Å²) in [4.78, 5) is 0. The monoisotopic (exact) mass is 264 g/mol. The summed E-state index contributed by atoms with van der Waals surface area (Å²) in [6.07, 6.45) is 2.68. The first kappa shape index (κ1) is 14.2. The van der Waals surface area contributed by atoms with Crippen molar-refractivity contribution in [3.05, 3.63) is 23.8 Å². The van der Waals surface area contributed by atoms with Gasteiger partial charge in [-0.2, -0.15) is 0 Å². The topological polar surface area (TPSA) is 38.7 Å². The number of aliphatic hydroxyl groups is 1. The lowest BCUT2D eigenvalue weighted by Gasteiger charge is -2.39. The number of hydrogen-bond donors (Lipinski definition) is 1. The van der Waals surface area contributed by atoms with Crippen LogP contribution in [-0.4, -0.2) is 19.3 Å². The molecule has 3 atom stereocenters. The van der Waals surface area contributed by atoms with Crippen molar-refractivity contribution >= 4 is 0 Å². The molecule has 1 aliphatic rings. The van der Waals surface area contributed by atoms with Crippen molar-refractivity contribution in [2.24, 2.45) is 11.8 Å². The van der Waals surface area contributed by atoms with Gasteiger partial charge in [0.15, 0.2) is 11.5 Å². The Morgan fingerprint density at radius 1 is 1.11 bits per heavy atom. The van der Waals surface area contributed by atoms with Crippen LogP contribution < -0.4 is 9.47 Å². The maximum Gasteiger partial charge on any atom is 0.161 e. The molecular weight excluding hydrogens is 240 g/mol. The fraction of sp³-hybridized carbons (Fsp3) is 0.625. The Hall–Kier alpha value is -1.22. The van der Waals surface area contributed by atoms with Gasteiger partial charge in [0, 0.05) is 0 Å². The molecule has 3 heteroatoms. The molecule has 1 aliphatic carbocycles. The van der Waals surface area contributed by atoms with Gasteiger partial charge < -0.3 is 14.6 Å². The lowest BCUT2D eigenvalue weighted by Crippen LogP contribution is -2.35. The van der Waals surface area contributed by atoms with Crippen LogP contribution in [0.25, 0.3) is 0 Å². The van der Waals surface area contributed by atoms with Crippen molar-refractivity contribution in [1.82, 2.24) is 0 Å². The van der Waals surface area contributed by atoms with E-state index in [0.29, 0.717) is 23.3 Å². The molecule has 106 valence electrons. The second kappa shape index (κ2) is 5.41. The third kappa shape index (κ3) is 2.71. The summed E-state index contributed by atoms with van der Waals surface area (Å²) >= 11 is 0. The Morgan fingerprint density at radius 2 is 1.79 bits per heavy atom. The number of benzene rings is 1. The normalized spacial score (nSPS) is 31.0. The van der Waals surface area contributed by atoms with Gasteiger partial charge in [-0.05, 0) is 48.8 Å². The van der Waals surface area contributed by atoms with Crippen LogP contribution in [0.3, 0.4) is 0 Å². The van der Waals surface area contributed by atoms with Crippen LogP contribution in [0.5, 0.6) is 11.5 Å². The van der Waals surface area contributed by atoms with Crippen molar-refractivity contribution in [3.8, 4) is 11.5 Å². The third-order valence-electron chi connectivity index (χ3n) is 4.57. The van der Waals surface area contributed by atoms with Crippen LogP contribution >= 0.6 is 0 Å². The Balaban J connectivity index is 2.30. The molecule has 0 heterocycles. The standard InChI is InChI=1S/C16H24O3/c1-11-7-8-16(17,10-12(11)2)13-5-6-14(18-3)15(9-13)19-4/h5-6,9,11-12,17H,7-8,10H2,1-4H3. The second-order valence-electron chi connectivity index (χ2n) is 5.80. The molecule has 0 bridgehead atoms. The quantitative estimate of drug-likeness (QED) is 0.910. The van der Waals surface area contributed by atoms with E-state index >= 15 is 0 Å². The highest BCUT2D eigenvalue weighted by molar-refractivity contribution is 5.44. The van der Waals surface area contributed by atoms with Gasteiger partial charge in [-0.15, -0.1) is 0 Å². The van der Waals surface area contributed by atoms with Crippen molar-refractivity contribution < 1.29 is 14.6 Å². The predicted octanol–water partition coefficient (Wildman–Crippen LogP) is 3.35. The van der Waals surface area contributed by atoms with E-state index < -0.39 is 5.60 Å². The predicted molar refractivity (Wildman–Crippen MR) is 75.6 cm³/mol. The molecular formula is C16H24O3. The molecule has 2 rings (SSSR count). The summed E-state index contributed by atoms with van der Waals surface area (Å²) in [5, 5.41) is 10.9. The van der Waals surface area contributed by atoms with Crippen molar-refractivity contribution in [3.63, 3.8) is 0 Å². The average Bonchev–Trinajstić information content (AvgIpc) is 2.42. The van der Waals surface area contributed by atoms with Gasteiger partial charge in [0.2, 0.25) is 0 Å². The van der Waals surface area contributed by atoms with Crippen molar-refractivity contribution in [2.75, 3.05) is 14.2 Å². The maximum atomic E-state index is 10.9. The van der Waals surface area contributed by atoms with Crippen molar-refractivity contribution in [2.45, 2.75) is 38.7 Å². The van der Waals surface area contributed by atoms with Crippen LogP contribution in [-0.2, 0) is 5.60 Å². The highest BCUT2D eigenvalue weighted by Crippen LogP contribution is 2.44. The first-order valence-electron chi connectivity index (χ1n) is 6.95. The van der Waals surface area contributed by atoms with Crippen LogP contribution in [0.15, 0.2) is 18.2 Å². The van der Waals surface area contributed by atoms with Gasteiger partial charge in [-0.1, -0.05) is 19.9 Å². The summed E-state index contributed by atoms with van der Waals surface area (Å²) in [6.45, 7) is 4.48. The SMILES string of the molecule is COc1ccc(C2(O)CCC(C)C(C)C2)cc1OC. The Labute approximate surface area is 115 Å². The minimum atomic E-state index is -0.731. The molecule has 1 aromatic rings. The van der Waals surface area contributed by atoms with Gasteiger partial charge in [-0.25, -0.2) is 0 Å². The summed E-state index contributed by atoms with van der Waals surface area (Å²) in [5.74, 6) is 2.60. The van der Waals surface area contributed by atoms with Crippen LogP contribution in [0, 0.1) is 11.8 Å². The minimum absolute atomic E-state index is 0.534. The van der Waals surface area contributed by atoms with E-state index in [4.69, 9.17) is 9.47 Å². The minimum Gasteiger partial charge on any atom is -0.493 e. The number of rotatable bonds is 3. The first-order valence-corrected chi connectivity index (χ1v) is 6.95. The van der Waals surface area contributed by atoms with Crippen LogP contribution in [0.1, 0.15) is 38.7 Å². The van der Waals surface area contributed by atoms with E-state index in [-0.39, 0.29) is 0 Å². The highest BCUT2D eigenvalue weighted by atomic mass is 16.5. The van der Waals surface area contributed by atoms with E-state index in [1.54, 1.807) is 14.2 Å². The first-order chi connectivity index (χ1) is 9.00. The molecule has 0 radical (unpaired) electrons. The second-order valence-corrected chi connectivity index (χ2v) is 5.80. The summed E-state index contributed by atoms with van der Waals surface area (Å²) in [6, 6.07) is 5.72. The third-order valence-corrected chi connectivity index (χ3v) is 4.57. The number of hydrogen-bond acceptors (Lipinski definition) is 3. The van der Waals surface area contributed by atoms with Gasteiger partial charge >= 0.3 is 0 Å². The molecule has 3 nitrogen and oxygen atoms in total. The number of ether oxygens (including phenoxy) is 2. The van der Waals surface area contributed by atoms with E-state index in [0.717, 1.165) is 24.8 Å². The molecule has 1 fully saturated rings. The average molecular weight is 264 g/mol. The molecule has 1 saturated carbocycles. The van der Waals surface area contributed by atoms with E-state index in [2.05, 4.69) is 13.8 Å². The smallest absolute Gasteiger partial charge is 0.161 e. The summed E-state index contributed by atoms with van der Waals surface area (Å²) < 4.78 is 10.6. The van der Waals surface area contributed by atoms with Gasteiger partial charge in [0.05, 0.1) is 19.8 Å². The van der Waals surface area contributed by atoms with Crippen LogP contribution in [0.4, 0.5) is 0 Å². The summed E-state index contributed by atoms with van der Waals surface area (Å²) in [7, 11) is 3.24. The molecule has 0 aliphatic heterocycles. The lowest BCUT2D eigenvalue weighted by molar-refractivity contribution is -0.0337. The van der Waals surface area contributed by atoms with Gasteiger partial charge in [-0.3, -0.25) is 0 Å². The fourth-order valence-electron chi connectivity index (χ4n) is 2.97. The largest absolute Gasteiger partial charge is 0.493 e. The summed E-state index contributed by atoms with van der Waals surface area (Å²) in [5.41, 5.74) is 0.203. The molecule has 0 aromatic heterocycles. The van der Waals surface area contributed by atoms with E-state index in [9.17, 15) is 5.11 Å². The van der Waals surface area contributed by atoms with Gasteiger partial charge in [0.1, 0.15) is 0 Å². The molecule has 0 amide bonds.